The molecule has 1 fully saturated rings. The molecule has 7 heteroatoms. The third-order valence-corrected chi connectivity index (χ3v) is 5.17. The molecule has 0 spiro atoms. The summed E-state index contributed by atoms with van der Waals surface area (Å²) >= 11 is 0. The Morgan fingerprint density at radius 1 is 1.17 bits per heavy atom. The molecule has 1 atom stereocenters. The SMILES string of the molecule is NC1(c2cccc(-c3cccc(F)c3)c2)N=CC=C(NCCCN2CCCN2)N1. The third-order valence-electron chi connectivity index (χ3n) is 5.17. The Labute approximate surface area is 170 Å². The van der Waals surface area contributed by atoms with Crippen molar-refractivity contribution in [1.82, 2.24) is 21.1 Å². The van der Waals surface area contributed by atoms with Crippen LogP contribution in [0, 0.1) is 5.82 Å². The zero-order chi connectivity index (χ0) is 20.1. The molecule has 1 unspecified atom stereocenters. The number of hydrazine groups is 1. The van der Waals surface area contributed by atoms with Crippen LogP contribution in [-0.4, -0.2) is 37.4 Å². The van der Waals surface area contributed by atoms with Gasteiger partial charge in [0, 0.05) is 38.0 Å². The number of aliphatic imine (C=N–C) groups is 1. The van der Waals surface area contributed by atoms with Gasteiger partial charge in [0.1, 0.15) is 11.6 Å². The molecule has 2 aromatic rings. The van der Waals surface area contributed by atoms with Crippen molar-refractivity contribution >= 4 is 6.21 Å². The first-order valence-electron chi connectivity index (χ1n) is 10.0. The predicted molar refractivity (Wildman–Crippen MR) is 114 cm³/mol. The van der Waals surface area contributed by atoms with E-state index in [1.54, 1.807) is 12.3 Å². The van der Waals surface area contributed by atoms with E-state index in [1.807, 2.05) is 36.4 Å². The lowest BCUT2D eigenvalue weighted by Gasteiger charge is -2.32. The van der Waals surface area contributed by atoms with Gasteiger partial charge in [0.15, 0.2) is 0 Å². The minimum absolute atomic E-state index is 0.261. The van der Waals surface area contributed by atoms with E-state index in [9.17, 15) is 4.39 Å². The zero-order valence-electron chi connectivity index (χ0n) is 16.4. The third kappa shape index (κ3) is 4.82. The lowest BCUT2D eigenvalue weighted by atomic mass is 9.99. The van der Waals surface area contributed by atoms with Crippen molar-refractivity contribution in [3.05, 3.63) is 71.8 Å². The van der Waals surface area contributed by atoms with E-state index in [4.69, 9.17) is 5.73 Å². The molecule has 5 N–H and O–H groups in total. The van der Waals surface area contributed by atoms with E-state index in [0.717, 1.165) is 55.1 Å². The molecule has 0 aromatic heterocycles. The van der Waals surface area contributed by atoms with Gasteiger partial charge in [0.25, 0.3) is 0 Å². The summed E-state index contributed by atoms with van der Waals surface area (Å²) in [5.41, 5.74) is 12.4. The van der Waals surface area contributed by atoms with Crippen LogP contribution in [0.1, 0.15) is 18.4 Å². The molecular formula is C22H27FN6. The second-order valence-corrected chi connectivity index (χ2v) is 7.37. The number of allylic oxidation sites excluding steroid dienone is 1. The Balaban J connectivity index is 1.40. The van der Waals surface area contributed by atoms with Gasteiger partial charge in [-0.15, -0.1) is 0 Å². The summed E-state index contributed by atoms with van der Waals surface area (Å²) in [6, 6.07) is 14.3. The van der Waals surface area contributed by atoms with Crippen LogP contribution in [-0.2, 0) is 5.79 Å². The van der Waals surface area contributed by atoms with Crippen LogP contribution in [0.3, 0.4) is 0 Å². The Morgan fingerprint density at radius 3 is 2.79 bits per heavy atom. The summed E-state index contributed by atoms with van der Waals surface area (Å²) < 4.78 is 13.6. The number of hydrogen-bond acceptors (Lipinski definition) is 6. The number of nitrogens with zero attached hydrogens (tertiary/aromatic N) is 2. The standard InChI is InChI=1S/C22H27FN6/c23-20-8-2-6-18(16-20)17-5-1-7-19(15-17)22(24)26-12-9-21(28-22)25-10-3-13-29-14-4-11-27-29/h1-2,5-9,12,15-16,25,27-28H,3-4,10-11,13-14,24H2. The van der Waals surface area contributed by atoms with E-state index in [-0.39, 0.29) is 5.82 Å². The van der Waals surface area contributed by atoms with Crippen molar-refractivity contribution in [1.29, 1.82) is 0 Å². The zero-order valence-corrected chi connectivity index (χ0v) is 16.4. The average molecular weight is 394 g/mol. The maximum Gasteiger partial charge on any atom is 0.210 e. The number of benzene rings is 2. The van der Waals surface area contributed by atoms with E-state index < -0.39 is 5.79 Å². The molecule has 2 aromatic carbocycles. The molecule has 4 rings (SSSR count). The first kappa shape index (κ1) is 19.6. The van der Waals surface area contributed by atoms with Crippen LogP contribution < -0.4 is 21.8 Å². The normalized spacial score (nSPS) is 21.7. The maximum atomic E-state index is 13.6. The van der Waals surface area contributed by atoms with E-state index in [0.29, 0.717) is 0 Å². The van der Waals surface area contributed by atoms with Gasteiger partial charge in [-0.25, -0.2) is 14.4 Å². The highest BCUT2D eigenvalue weighted by Gasteiger charge is 2.28. The van der Waals surface area contributed by atoms with E-state index in [2.05, 4.69) is 26.1 Å². The quantitative estimate of drug-likeness (QED) is 0.542. The summed E-state index contributed by atoms with van der Waals surface area (Å²) in [6.07, 6.45) is 5.84. The first-order chi connectivity index (χ1) is 14.1. The molecule has 0 radical (unpaired) electrons. The molecule has 0 saturated carbocycles. The van der Waals surface area contributed by atoms with Crippen LogP contribution in [0.2, 0.25) is 0 Å². The number of nitrogens with two attached hydrogens (primary N) is 1. The summed E-state index contributed by atoms with van der Waals surface area (Å²) in [5, 5.41) is 8.95. The molecule has 2 aliphatic heterocycles. The first-order valence-corrected chi connectivity index (χ1v) is 10.0. The molecule has 6 nitrogen and oxygen atoms in total. The van der Waals surface area contributed by atoms with Crippen molar-refractivity contribution in [2.24, 2.45) is 10.7 Å². The van der Waals surface area contributed by atoms with Crippen LogP contribution in [0.5, 0.6) is 0 Å². The fourth-order valence-corrected chi connectivity index (χ4v) is 3.63. The van der Waals surface area contributed by atoms with Gasteiger partial charge in [0.05, 0.1) is 0 Å². The van der Waals surface area contributed by atoms with Gasteiger partial charge < -0.3 is 10.6 Å². The molecule has 0 aliphatic carbocycles. The summed E-state index contributed by atoms with van der Waals surface area (Å²) in [6.45, 7) is 4.03. The van der Waals surface area contributed by atoms with Gasteiger partial charge in [-0.3, -0.25) is 11.2 Å². The number of nitrogens with one attached hydrogen (secondary N) is 3. The van der Waals surface area contributed by atoms with Gasteiger partial charge in [-0.1, -0.05) is 30.3 Å². The van der Waals surface area contributed by atoms with Gasteiger partial charge in [-0.2, -0.15) is 0 Å². The Kier molecular flexibility index (Phi) is 5.89. The molecule has 0 amide bonds. The fourth-order valence-electron chi connectivity index (χ4n) is 3.63. The minimum Gasteiger partial charge on any atom is -0.372 e. The van der Waals surface area contributed by atoms with Crippen molar-refractivity contribution in [2.45, 2.75) is 18.6 Å². The molecule has 2 aliphatic rings. The van der Waals surface area contributed by atoms with Crippen molar-refractivity contribution in [3.8, 4) is 11.1 Å². The van der Waals surface area contributed by atoms with E-state index in [1.165, 1.54) is 18.6 Å². The number of rotatable bonds is 7. The smallest absolute Gasteiger partial charge is 0.210 e. The second-order valence-electron chi connectivity index (χ2n) is 7.37. The van der Waals surface area contributed by atoms with Crippen molar-refractivity contribution in [2.75, 3.05) is 26.2 Å². The second kappa shape index (κ2) is 8.73. The van der Waals surface area contributed by atoms with Crippen LogP contribution >= 0.6 is 0 Å². The minimum atomic E-state index is -1.07. The number of halogens is 1. The summed E-state index contributed by atoms with van der Waals surface area (Å²) in [7, 11) is 0. The molecule has 29 heavy (non-hydrogen) atoms. The summed E-state index contributed by atoms with van der Waals surface area (Å²) in [4.78, 5) is 4.46. The molecule has 0 bridgehead atoms. The molecule has 152 valence electrons. The van der Waals surface area contributed by atoms with Gasteiger partial charge in [-0.05, 0) is 48.2 Å². The maximum absolute atomic E-state index is 13.6. The molecule has 2 heterocycles. The highest BCUT2D eigenvalue weighted by Crippen LogP contribution is 2.26. The lowest BCUT2D eigenvalue weighted by molar-refractivity contribution is 0.249. The highest BCUT2D eigenvalue weighted by atomic mass is 19.1. The van der Waals surface area contributed by atoms with Gasteiger partial charge in [0.2, 0.25) is 5.79 Å². The van der Waals surface area contributed by atoms with Crippen molar-refractivity contribution < 1.29 is 4.39 Å². The van der Waals surface area contributed by atoms with Gasteiger partial charge >= 0.3 is 0 Å². The molecular weight excluding hydrogens is 367 g/mol. The number of hydrogen-bond donors (Lipinski definition) is 4. The lowest BCUT2D eigenvalue weighted by Crippen LogP contribution is -2.52. The summed E-state index contributed by atoms with van der Waals surface area (Å²) in [5.74, 6) is -0.493. The topological polar surface area (TPSA) is 77.7 Å². The van der Waals surface area contributed by atoms with Crippen LogP contribution in [0.25, 0.3) is 11.1 Å². The Morgan fingerprint density at radius 2 is 2.00 bits per heavy atom. The monoisotopic (exact) mass is 394 g/mol. The highest BCUT2D eigenvalue weighted by molar-refractivity contribution is 5.74. The Hall–Kier alpha value is -2.74. The Bertz CT molecular complexity index is 906. The van der Waals surface area contributed by atoms with Crippen LogP contribution in [0.4, 0.5) is 4.39 Å². The van der Waals surface area contributed by atoms with Crippen molar-refractivity contribution in [3.63, 3.8) is 0 Å². The van der Waals surface area contributed by atoms with E-state index >= 15 is 0 Å². The largest absolute Gasteiger partial charge is 0.372 e. The predicted octanol–water partition coefficient (Wildman–Crippen LogP) is 2.27. The fraction of sp³-hybridized carbons (Fsp3) is 0.318. The average Bonchev–Trinajstić information content (AvgIpc) is 3.25. The van der Waals surface area contributed by atoms with Crippen LogP contribution in [0.15, 0.2) is 65.4 Å². The molecule has 1 saturated heterocycles.